The first-order chi connectivity index (χ1) is 14.1. The van der Waals surface area contributed by atoms with Crippen LogP contribution in [0, 0.1) is 0 Å². The lowest BCUT2D eigenvalue weighted by Crippen LogP contribution is -2.41. The predicted molar refractivity (Wildman–Crippen MR) is 115 cm³/mol. The quantitative estimate of drug-likeness (QED) is 0.463. The third-order valence-electron chi connectivity index (χ3n) is 4.05. The molecule has 0 aliphatic heterocycles. The molecule has 0 aliphatic carbocycles. The maximum absolute atomic E-state index is 12.4. The minimum Gasteiger partial charge on any atom is -0.494 e. The maximum atomic E-state index is 12.4. The van der Waals surface area contributed by atoms with Crippen LogP contribution in [0.5, 0.6) is 5.75 Å². The number of fused-ring (bicyclic) bond motifs is 1. The van der Waals surface area contributed by atoms with Gasteiger partial charge >= 0.3 is 0 Å². The van der Waals surface area contributed by atoms with Crippen LogP contribution >= 0.6 is 22.7 Å². The molecule has 0 unspecified atom stereocenters. The molecule has 0 aliphatic rings. The molecule has 0 spiro atoms. The van der Waals surface area contributed by atoms with Gasteiger partial charge in [-0.25, -0.2) is 4.98 Å². The van der Waals surface area contributed by atoms with Gasteiger partial charge in [0.25, 0.3) is 11.8 Å². The Morgan fingerprint density at radius 2 is 1.69 bits per heavy atom. The third kappa shape index (κ3) is 4.28. The molecule has 0 saturated carbocycles. The second kappa shape index (κ2) is 8.42. The van der Waals surface area contributed by atoms with Crippen LogP contribution in [0.1, 0.15) is 27.0 Å². The Morgan fingerprint density at radius 1 is 0.931 bits per heavy atom. The Labute approximate surface area is 175 Å². The standard InChI is InChI=1S/C21H17N3O3S2/c1-2-27-14-9-7-13(8-10-14)19(25)23-24-20(26)17-11-12-18(28-17)21-22-15-5-3-4-6-16(15)29-21/h3-12H,2H2,1H3,(H,23,25)(H,24,26). The first-order valence-electron chi connectivity index (χ1n) is 8.93. The third-order valence-corrected chi connectivity index (χ3v) is 6.34. The molecule has 4 aromatic rings. The number of nitrogens with zero attached hydrogens (tertiary/aromatic N) is 1. The summed E-state index contributed by atoms with van der Waals surface area (Å²) in [7, 11) is 0. The lowest BCUT2D eigenvalue weighted by Gasteiger charge is -2.07. The van der Waals surface area contributed by atoms with E-state index in [2.05, 4.69) is 15.8 Å². The Balaban J connectivity index is 1.39. The second-order valence-corrected chi connectivity index (χ2v) is 8.13. The van der Waals surface area contributed by atoms with E-state index in [1.807, 2.05) is 37.3 Å². The Bertz CT molecular complexity index is 1130. The van der Waals surface area contributed by atoms with Gasteiger partial charge in [0.15, 0.2) is 0 Å². The summed E-state index contributed by atoms with van der Waals surface area (Å²) < 4.78 is 6.45. The number of thiophene rings is 1. The van der Waals surface area contributed by atoms with E-state index in [0.29, 0.717) is 22.8 Å². The molecular formula is C21H17N3O3S2. The molecular weight excluding hydrogens is 406 g/mol. The van der Waals surface area contributed by atoms with Crippen molar-refractivity contribution in [1.29, 1.82) is 0 Å². The van der Waals surface area contributed by atoms with Crippen LogP contribution in [0.25, 0.3) is 20.1 Å². The van der Waals surface area contributed by atoms with Gasteiger partial charge in [-0.1, -0.05) is 12.1 Å². The molecule has 0 saturated heterocycles. The molecule has 4 rings (SSSR count). The summed E-state index contributed by atoms with van der Waals surface area (Å²) >= 11 is 2.92. The fourth-order valence-corrected chi connectivity index (χ4v) is 4.59. The highest BCUT2D eigenvalue weighted by Gasteiger charge is 2.14. The van der Waals surface area contributed by atoms with E-state index in [1.54, 1.807) is 41.7 Å². The normalized spacial score (nSPS) is 10.7. The Morgan fingerprint density at radius 3 is 2.45 bits per heavy atom. The minimum absolute atomic E-state index is 0.373. The number of benzene rings is 2. The van der Waals surface area contributed by atoms with Gasteiger partial charge in [0.1, 0.15) is 10.8 Å². The largest absolute Gasteiger partial charge is 0.494 e. The van der Waals surface area contributed by atoms with Crippen LogP contribution in [0.3, 0.4) is 0 Å². The summed E-state index contributed by atoms with van der Waals surface area (Å²) in [6.07, 6.45) is 0. The molecule has 0 radical (unpaired) electrons. The van der Waals surface area contributed by atoms with Gasteiger partial charge in [-0.15, -0.1) is 22.7 Å². The summed E-state index contributed by atoms with van der Waals surface area (Å²) in [5.41, 5.74) is 6.25. The van der Waals surface area contributed by atoms with Crippen molar-refractivity contribution in [3.8, 4) is 15.6 Å². The molecule has 2 aromatic carbocycles. The van der Waals surface area contributed by atoms with Crippen LogP contribution < -0.4 is 15.6 Å². The number of amides is 2. The number of ether oxygens (including phenoxy) is 1. The number of aromatic nitrogens is 1. The van der Waals surface area contributed by atoms with Gasteiger partial charge in [-0.2, -0.15) is 0 Å². The summed E-state index contributed by atoms with van der Waals surface area (Å²) in [4.78, 5) is 30.6. The predicted octanol–water partition coefficient (Wildman–Crippen LogP) is 4.50. The molecule has 0 fully saturated rings. The van der Waals surface area contributed by atoms with E-state index in [-0.39, 0.29) is 5.91 Å². The molecule has 2 amide bonds. The smallest absolute Gasteiger partial charge is 0.279 e. The van der Waals surface area contributed by atoms with Gasteiger partial charge in [-0.3, -0.25) is 20.4 Å². The van der Waals surface area contributed by atoms with Crippen LogP contribution in [0.15, 0.2) is 60.7 Å². The summed E-state index contributed by atoms with van der Waals surface area (Å²) in [5, 5.41) is 0.869. The number of thiazole rings is 1. The van der Waals surface area contributed by atoms with Gasteiger partial charge in [0.05, 0.1) is 26.6 Å². The van der Waals surface area contributed by atoms with E-state index in [1.165, 1.54) is 11.3 Å². The summed E-state index contributed by atoms with van der Waals surface area (Å²) in [5.74, 6) is -0.0833. The number of carbonyl (C=O) groups excluding carboxylic acids is 2. The summed E-state index contributed by atoms with van der Waals surface area (Å²) in [6, 6.07) is 18.2. The van der Waals surface area contributed by atoms with Crippen molar-refractivity contribution in [2.45, 2.75) is 6.92 Å². The topological polar surface area (TPSA) is 80.3 Å². The summed E-state index contributed by atoms with van der Waals surface area (Å²) in [6.45, 7) is 2.45. The molecule has 8 heteroatoms. The number of nitrogens with one attached hydrogen (secondary N) is 2. The zero-order valence-electron chi connectivity index (χ0n) is 15.5. The zero-order valence-corrected chi connectivity index (χ0v) is 17.1. The van der Waals surface area contributed by atoms with Crippen LogP contribution in [0.4, 0.5) is 0 Å². The highest BCUT2D eigenvalue weighted by molar-refractivity contribution is 7.26. The molecule has 2 heterocycles. The number of rotatable bonds is 5. The van der Waals surface area contributed by atoms with Crippen molar-refractivity contribution >= 4 is 44.7 Å². The molecule has 29 heavy (non-hydrogen) atoms. The molecule has 2 N–H and O–H groups in total. The van der Waals surface area contributed by atoms with Crippen molar-refractivity contribution in [2.24, 2.45) is 0 Å². The van der Waals surface area contributed by atoms with E-state index in [9.17, 15) is 9.59 Å². The molecule has 0 atom stereocenters. The van der Waals surface area contributed by atoms with Gasteiger partial charge in [0.2, 0.25) is 0 Å². The number of hydrogen-bond donors (Lipinski definition) is 2. The SMILES string of the molecule is CCOc1ccc(C(=O)NNC(=O)c2ccc(-c3nc4ccccc4s3)s2)cc1. The number of hydrogen-bond acceptors (Lipinski definition) is 6. The first-order valence-corrected chi connectivity index (χ1v) is 10.6. The van der Waals surface area contributed by atoms with Crippen molar-refractivity contribution in [3.05, 3.63) is 71.1 Å². The van der Waals surface area contributed by atoms with E-state index in [0.717, 1.165) is 20.1 Å². The monoisotopic (exact) mass is 423 g/mol. The van der Waals surface area contributed by atoms with Crippen LogP contribution in [-0.2, 0) is 0 Å². The Kier molecular flexibility index (Phi) is 5.55. The molecule has 6 nitrogen and oxygen atoms in total. The van der Waals surface area contributed by atoms with E-state index >= 15 is 0 Å². The van der Waals surface area contributed by atoms with Crippen LogP contribution in [0.2, 0.25) is 0 Å². The Hall–Kier alpha value is -3.23. The van der Waals surface area contributed by atoms with E-state index < -0.39 is 5.91 Å². The minimum atomic E-state index is -0.399. The van der Waals surface area contributed by atoms with Gasteiger partial charge in [-0.05, 0) is 55.5 Å². The molecule has 2 aromatic heterocycles. The van der Waals surface area contributed by atoms with Gasteiger partial charge < -0.3 is 4.74 Å². The highest BCUT2D eigenvalue weighted by atomic mass is 32.1. The zero-order chi connectivity index (χ0) is 20.2. The van der Waals surface area contributed by atoms with Crippen molar-refractivity contribution in [1.82, 2.24) is 15.8 Å². The second-order valence-electron chi connectivity index (χ2n) is 6.02. The lowest BCUT2D eigenvalue weighted by molar-refractivity contribution is 0.0849. The fraction of sp³-hybridized carbons (Fsp3) is 0.0952. The molecule has 146 valence electrons. The fourth-order valence-electron chi connectivity index (χ4n) is 2.67. The maximum Gasteiger partial charge on any atom is 0.279 e. The average molecular weight is 424 g/mol. The van der Waals surface area contributed by atoms with Crippen molar-refractivity contribution in [3.63, 3.8) is 0 Å². The first kappa shape index (κ1) is 19.1. The highest BCUT2D eigenvalue weighted by Crippen LogP contribution is 2.34. The van der Waals surface area contributed by atoms with Crippen molar-refractivity contribution < 1.29 is 14.3 Å². The molecule has 0 bridgehead atoms. The van der Waals surface area contributed by atoms with Crippen LogP contribution in [-0.4, -0.2) is 23.4 Å². The van der Waals surface area contributed by atoms with Crippen molar-refractivity contribution in [2.75, 3.05) is 6.61 Å². The number of carbonyl (C=O) groups is 2. The number of para-hydroxylation sites is 1. The average Bonchev–Trinajstić information content (AvgIpc) is 3.39. The number of hydrazine groups is 1. The van der Waals surface area contributed by atoms with E-state index in [4.69, 9.17) is 4.74 Å². The lowest BCUT2D eigenvalue weighted by atomic mass is 10.2. The van der Waals surface area contributed by atoms with Gasteiger partial charge in [0, 0.05) is 5.56 Å².